The zero-order valence-electron chi connectivity index (χ0n) is 10.6. The Morgan fingerprint density at radius 2 is 0.900 bits per heavy atom. The van der Waals surface area contributed by atoms with Crippen molar-refractivity contribution in [3.8, 4) is 34.0 Å². The predicted molar refractivity (Wildman–Crippen MR) is 76.2 cm³/mol. The first-order valence-electron chi connectivity index (χ1n) is 6.14. The Kier molecular flexibility index (Phi) is 3.05. The second-order valence-corrected chi connectivity index (χ2v) is 4.35. The molecule has 0 bridgehead atoms. The SMILES string of the molecule is Oc1ccc(-c2nccnc2-c2ccc(O)cc2)cc1. The number of rotatable bonds is 2. The molecule has 0 saturated heterocycles. The van der Waals surface area contributed by atoms with E-state index in [0.29, 0.717) is 0 Å². The Morgan fingerprint density at radius 3 is 1.25 bits per heavy atom. The lowest BCUT2D eigenvalue weighted by Crippen LogP contribution is -1.92. The van der Waals surface area contributed by atoms with Crippen LogP contribution in [-0.2, 0) is 0 Å². The molecule has 3 rings (SSSR count). The minimum atomic E-state index is 0.212. The van der Waals surface area contributed by atoms with E-state index in [9.17, 15) is 10.2 Å². The molecule has 0 amide bonds. The van der Waals surface area contributed by atoms with Crippen LogP contribution in [0.1, 0.15) is 0 Å². The Bertz CT molecular complexity index is 658. The van der Waals surface area contributed by atoms with Gasteiger partial charge in [0.2, 0.25) is 0 Å². The van der Waals surface area contributed by atoms with E-state index in [1.165, 1.54) is 0 Å². The van der Waals surface area contributed by atoms with Crippen LogP contribution in [0.5, 0.6) is 11.5 Å². The van der Waals surface area contributed by atoms with E-state index >= 15 is 0 Å². The largest absolute Gasteiger partial charge is 0.508 e. The van der Waals surface area contributed by atoms with Crippen LogP contribution in [-0.4, -0.2) is 20.2 Å². The van der Waals surface area contributed by atoms with Crippen molar-refractivity contribution < 1.29 is 10.2 Å². The summed E-state index contributed by atoms with van der Waals surface area (Å²) in [7, 11) is 0. The standard InChI is InChI=1S/C16H12N2O2/c19-13-5-1-11(2-6-13)15-16(18-10-9-17-15)12-3-7-14(20)8-4-12/h1-10,19-20H. The van der Waals surface area contributed by atoms with Crippen LogP contribution in [0.3, 0.4) is 0 Å². The summed E-state index contributed by atoms with van der Waals surface area (Å²) in [5, 5.41) is 18.7. The van der Waals surface area contributed by atoms with Crippen molar-refractivity contribution in [1.29, 1.82) is 0 Å². The Morgan fingerprint density at radius 1 is 0.550 bits per heavy atom. The summed E-state index contributed by atoms with van der Waals surface area (Å²) in [4.78, 5) is 8.74. The molecular weight excluding hydrogens is 252 g/mol. The van der Waals surface area contributed by atoms with Gasteiger partial charge in [-0.1, -0.05) is 0 Å². The molecule has 2 N–H and O–H groups in total. The fourth-order valence-electron chi connectivity index (χ4n) is 2.00. The summed E-state index contributed by atoms with van der Waals surface area (Å²) in [6.45, 7) is 0. The average molecular weight is 264 g/mol. The third-order valence-electron chi connectivity index (χ3n) is 2.98. The maximum absolute atomic E-state index is 9.36. The van der Waals surface area contributed by atoms with Crippen LogP contribution in [0.2, 0.25) is 0 Å². The van der Waals surface area contributed by atoms with E-state index in [0.717, 1.165) is 22.5 Å². The summed E-state index contributed by atoms with van der Waals surface area (Å²) < 4.78 is 0. The van der Waals surface area contributed by atoms with E-state index in [2.05, 4.69) is 9.97 Å². The highest BCUT2D eigenvalue weighted by atomic mass is 16.3. The van der Waals surface area contributed by atoms with Gasteiger partial charge in [-0.2, -0.15) is 0 Å². The van der Waals surface area contributed by atoms with E-state index < -0.39 is 0 Å². The Labute approximate surface area is 116 Å². The summed E-state index contributed by atoms with van der Waals surface area (Å²) in [6.07, 6.45) is 3.26. The summed E-state index contributed by atoms with van der Waals surface area (Å²) in [5.41, 5.74) is 3.22. The van der Waals surface area contributed by atoms with E-state index in [-0.39, 0.29) is 11.5 Å². The molecule has 0 saturated carbocycles. The maximum atomic E-state index is 9.36. The van der Waals surface area contributed by atoms with Crippen molar-refractivity contribution in [2.24, 2.45) is 0 Å². The van der Waals surface area contributed by atoms with Gasteiger partial charge in [0.1, 0.15) is 11.5 Å². The van der Waals surface area contributed by atoms with Crippen molar-refractivity contribution in [2.45, 2.75) is 0 Å². The molecule has 0 aliphatic heterocycles. The molecular formula is C16H12N2O2. The van der Waals surface area contributed by atoms with Crippen LogP contribution in [0, 0.1) is 0 Å². The van der Waals surface area contributed by atoms with E-state index in [4.69, 9.17) is 0 Å². The van der Waals surface area contributed by atoms with Gasteiger partial charge in [-0.15, -0.1) is 0 Å². The zero-order chi connectivity index (χ0) is 13.9. The van der Waals surface area contributed by atoms with Gasteiger partial charge < -0.3 is 10.2 Å². The average Bonchev–Trinajstić information content (AvgIpc) is 2.49. The second-order valence-electron chi connectivity index (χ2n) is 4.35. The van der Waals surface area contributed by atoms with Crippen molar-refractivity contribution in [3.63, 3.8) is 0 Å². The number of hydrogen-bond donors (Lipinski definition) is 2. The molecule has 0 spiro atoms. The molecule has 0 aliphatic rings. The number of phenolic OH excluding ortho intramolecular Hbond substituents is 2. The minimum Gasteiger partial charge on any atom is -0.508 e. The summed E-state index contributed by atoms with van der Waals surface area (Å²) in [5.74, 6) is 0.424. The molecule has 4 heteroatoms. The number of nitrogens with zero attached hydrogens (tertiary/aromatic N) is 2. The third-order valence-corrected chi connectivity index (χ3v) is 2.98. The highest BCUT2D eigenvalue weighted by Gasteiger charge is 2.10. The van der Waals surface area contributed by atoms with Gasteiger partial charge in [0.05, 0.1) is 11.4 Å². The van der Waals surface area contributed by atoms with E-state index in [1.54, 1.807) is 60.9 Å². The molecule has 20 heavy (non-hydrogen) atoms. The first kappa shape index (κ1) is 12.2. The van der Waals surface area contributed by atoms with Crippen molar-refractivity contribution in [3.05, 3.63) is 60.9 Å². The monoisotopic (exact) mass is 264 g/mol. The first-order valence-corrected chi connectivity index (χ1v) is 6.14. The fraction of sp³-hybridized carbons (Fsp3) is 0. The topological polar surface area (TPSA) is 66.2 Å². The smallest absolute Gasteiger partial charge is 0.115 e. The lowest BCUT2D eigenvalue weighted by Gasteiger charge is -2.08. The molecule has 0 radical (unpaired) electrons. The van der Waals surface area contributed by atoms with E-state index in [1.807, 2.05) is 0 Å². The van der Waals surface area contributed by atoms with Gasteiger partial charge in [-0.3, -0.25) is 9.97 Å². The fourth-order valence-corrected chi connectivity index (χ4v) is 2.00. The van der Waals surface area contributed by atoms with Gasteiger partial charge in [-0.25, -0.2) is 0 Å². The quantitative estimate of drug-likeness (QED) is 0.745. The van der Waals surface area contributed by atoms with Gasteiger partial charge in [0.15, 0.2) is 0 Å². The van der Waals surface area contributed by atoms with Gasteiger partial charge in [-0.05, 0) is 48.5 Å². The first-order chi connectivity index (χ1) is 9.74. The second kappa shape index (κ2) is 5.01. The molecule has 1 aromatic heterocycles. The van der Waals surface area contributed by atoms with Crippen LogP contribution in [0.25, 0.3) is 22.5 Å². The van der Waals surface area contributed by atoms with Gasteiger partial charge in [0, 0.05) is 23.5 Å². The number of benzene rings is 2. The van der Waals surface area contributed by atoms with Crippen LogP contribution in [0.15, 0.2) is 60.9 Å². The Balaban J connectivity index is 2.13. The number of hydrogen-bond acceptors (Lipinski definition) is 4. The number of aromatic nitrogens is 2. The lowest BCUT2D eigenvalue weighted by molar-refractivity contribution is 0.475. The molecule has 0 unspecified atom stereocenters. The normalized spacial score (nSPS) is 10.4. The third kappa shape index (κ3) is 2.31. The molecule has 0 aliphatic carbocycles. The van der Waals surface area contributed by atoms with Crippen molar-refractivity contribution in [1.82, 2.24) is 9.97 Å². The number of aromatic hydroxyl groups is 2. The number of phenols is 2. The molecule has 0 fully saturated rings. The molecule has 3 aromatic rings. The lowest BCUT2D eigenvalue weighted by atomic mass is 10.0. The summed E-state index contributed by atoms with van der Waals surface area (Å²) >= 11 is 0. The molecule has 1 heterocycles. The van der Waals surface area contributed by atoms with Crippen LogP contribution < -0.4 is 0 Å². The van der Waals surface area contributed by atoms with Crippen molar-refractivity contribution in [2.75, 3.05) is 0 Å². The Hall–Kier alpha value is -2.88. The summed E-state index contributed by atoms with van der Waals surface area (Å²) in [6, 6.07) is 13.6. The van der Waals surface area contributed by atoms with Gasteiger partial charge >= 0.3 is 0 Å². The molecule has 4 nitrogen and oxygen atoms in total. The molecule has 2 aromatic carbocycles. The maximum Gasteiger partial charge on any atom is 0.115 e. The predicted octanol–water partition coefficient (Wildman–Crippen LogP) is 3.22. The molecule has 98 valence electrons. The zero-order valence-corrected chi connectivity index (χ0v) is 10.6. The molecule has 0 atom stereocenters. The van der Waals surface area contributed by atoms with Gasteiger partial charge in [0.25, 0.3) is 0 Å². The minimum absolute atomic E-state index is 0.212. The highest BCUT2D eigenvalue weighted by molar-refractivity contribution is 5.77. The highest BCUT2D eigenvalue weighted by Crippen LogP contribution is 2.29. The van der Waals surface area contributed by atoms with Crippen LogP contribution >= 0.6 is 0 Å². The van der Waals surface area contributed by atoms with Crippen molar-refractivity contribution >= 4 is 0 Å². The van der Waals surface area contributed by atoms with Crippen LogP contribution in [0.4, 0.5) is 0 Å².